The normalized spacial score (nSPS) is 22.9. The van der Waals surface area contributed by atoms with Crippen LogP contribution in [-0.4, -0.2) is 53.4 Å². The van der Waals surface area contributed by atoms with Gasteiger partial charge in [-0.2, -0.15) is 0 Å². The standard InChI is InChI=1S/C24H40N2O7Si/c1-14(2)34(15(3)4,16(5)6)31-13-18-21(29)17(12-20(28)33-24(7,8)9)22(32-18)26-11-10-19(27)25-23(26)30/h10-12,14-16,18,21-22,29H,13H2,1-9H3,(H,25,27,30)/b17-12+/t18-,21+,22-/m1/s1. The Morgan fingerprint density at radius 2 is 1.74 bits per heavy atom. The largest absolute Gasteiger partial charge is 0.457 e. The van der Waals surface area contributed by atoms with Crippen LogP contribution in [0.15, 0.2) is 33.5 Å². The first-order valence-electron chi connectivity index (χ1n) is 11.8. The molecule has 2 N–H and O–H groups in total. The molecule has 3 atom stereocenters. The highest BCUT2D eigenvalue weighted by Crippen LogP contribution is 2.43. The molecule has 9 nitrogen and oxygen atoms in total. The number of aliphatic hydroxyl groups is 1. The molecular formula is C24H40N2O7Si. The molecule has 0 saturated carbocycles. The summed E-state index contributed by atoms with van der Waals surface area (Å²) in [5.74, 6) is -0.663. The maximum atomic E-state index is 12.5. The van der Waals surface area contributed by atoms with E-state index in [1.54, 1.807) is 20.8 Å². The fourth-order valence-corrected chi connectivity index (χ4v) is 10.5. The van der Waals surface area contributed by atoms with E-state index in [9.17, 15) is 19.5 Å². The highest BCUT2D eigenvalue weighted by molar-refractivity contribution is 6.77. The van der Waals surface area contributed by atoms with E-state index in [0.717, 1.165) is 10.6 Å². The SMILES string of the molecule is CC(C)[Si](OC[C@H]1O[C@@H](n2ccc(=O)[nH]c2=O)/C(=C/C(=O)OC(C)(C)C)[C@@H]1O)(C(C)C)C(C)C. The minimum atomic E-state index is -2.25. The predicted molar refractivity (Wildman–Crippen MR) is 132 cm³/mol. The lowest BCUT2D eigenvalue weighted by molar-refractivity contribution is -0.148. The summed E-state index contributed by atoms with van der Waals surface area (Å²) in [5, 5.41) is 11.1. The minimum Gasteiger partial charge on any atom is -0.457 e. The molecule has 2 heterocycles. The van der Waals surface area contributed by atoms with E-state index in [0.29, 0.717) is 16.6 Å². The number of hydrogen-bond acceptors (Lipinski definition) is 7. The van der Waals surface area contributed by atoms with Crippen molar-refractivity contribution < 1.29 is 23.8 Å². The van der Waals surface area contributed by atoms with Crippen molar-refractivity contribution in [3.63, 3.8) is 0 Å². The predicted octanol–water partition coefficient (Wildman–Crippen LogP) is 3.26. The number of carbonyl (C=O) groups is 1. The Bertz CT molecular complexity index is 982. The third-order valence-electron chi connectivity index (χ3n) is 6.28. The number of nitrogens with zero attached hydrogens (tertiary/aromatic N) is 1. The Kier molecular flexibility index (Phi) is 8.90. The molecule has 1 fully saturated rings. The van der Waals surface area contributed by atoms with Crippen LogP contribution in [0, 0.1) is 0 Å². The van der Waals surface area contributed by atoms with Crippen LogP contribution in [0.1, 0.15) is 68.5 Å². The van der Waals surface area contributed by atoms with Crippen molar-refractivity contribution in [1.29, 1.82) is 0 Å². The van der Waals surface area contributed by atoms with Crippen LogP contribution in [0.3, 0.4) is 0 Å². The Morgan fingerprint density at radius 1 is 1.18 bits per heavy atom. The number of esters is 1. The molecule has 1 aliphatic rings. The molecule has 0 amide bonds. The maximum Gasteiger partial charge on any atom is 0.331 e. The minimum absolute atomic E-state index is 0.113. The molecule has 0 bridgehead atoms. The molecule has 10 heteroatoms. The van der Waals surface area contributed by atoms with Gasteiger partial charge in [-0.1, -0.05) is 41.5 Å². The van der Waals surface area contributed by atoms with E-state index in [1.165, 1.54) is 12.3 Å². The summed E-state index contributed by atoms with van der Waals surface area (Å²) in [6, 6.07) is 1.18. The highest BCUT2D eigenvalue weighted by atomic mass is 28.4. The topological polar surface area (TPSA) is 120 Å². The Balaban J connectivity index is 2.43. The van der Waals surface area contributed by atoms with Gasteiger partial charge >= 0.3 is 11.7 Å². The second-order valence-corrected chi connectivity index (χ2v) is 16.3. The third-order valence-corrected chi connectivity index (χ3v) is 12.4. The van der Waals surface area contributed by atoms with Crippen molar-refractivity contribution in [3.8, 4) is 0 Å². The molecular weight excluding hydrogens is 456 g/mol. The number of nitrogens with one attached hydrogen (secondary N) is 1. The smallest absolute Gasteiger partial charge is 0.331 e. The number of aromatic amines is 1. The van der Waals surface area contributed by atoms with Crippen LogP contribution < -0.4 is 11.2 Å². The molecule has 34 heavy (non-hydrogen) atoms. The molecule has 1 saturated heterocycles. The van der Waals surface area contributed by atoms with Crippen molar-refractivity contribution in [2.24, 2.45) is 0 Å². The van der Waals surface area contributed by atoms with Gasteiger partial charge in [-0.25, -0.2) is 9.59 Å². The van der Waals surface area contributed by atoms with Gasteiger partial charge in [0, 0.05) is 23.9 Å². The van der Waals surface area contributed by atoms with E-state index in [2.05, 4.69) is 46.5 Å². The Hall–Kier alpha value is -2.01. The van der Waals surface area contributed by atoms with Crippen LogP contribution >= 0.6 is 0 Å². The van der Waals surface area contributed by atoms with Gasteiger partial charge in [0.2, 0.25) is 0 Å². The third kappa shape index (κ3) is 6.15. The zero-order chi connectivity index (χ0) is 26.0. The van der Waals surface area contributed by atoms with Gasteiger partial charge in [0.1, 0.15) is 17.8 Å². The van der Waals surface area contributed by atoms with Crippen molar-refractivity contribution >= 4 is 14.3 Å². The van der Waals surface area contributed by atoms with Gasteiger partial charge in [0.25, 0.3) is 5.56 Å². The summed E-state index contributed by atoms with van der Waals surface area (Å²) in [5.41, 5.74) is -0.831. The van der Waals surface area contributed by atoms with Crippen molar-refractivity contribution in [1.82, 2.24) is 9.55 Å². The van der Waals surface area contributed by atoms with Gasteiger partial charge in [-0.3, -0.25) is 14.3 Å². The first kappa shape index (κ1) is 28.2. The summed E-state index contributed by atoms with van der Waals surface area (Å²) >= 11 is 0. The van der Waals surface area contributed by atoms with Crippen LogP contribution in [-0.2, 0) is 18.7 Å². The van der Waals surface area contributed by atoms with Crippen molar-refractivity contribution in [3.05, 3.63) is 44.8 Å². The average Bonchev–Trinajstić information content (AvgIpc) is 2.95. The van der Waals surface area contributed by atoms with Crippen LogP contribution in [0.2, 0.25) is 16.6 Å². The molecule has 192 valence electrons. The van der Waals surface area contributed by atoms with Crippen molar-refractivity contribution in [2.75, 3.05) is 6.61 Å². The first-order chi connectivity index (χ1) is 15.6. The Labute approximate surface area is 202 Å². The monoisotopic (exact) mass is 496 g/mol. The number of carbonyl (C=O) groups excluding carboxylic acids is 1. The average molecular weight is 497 g/mol. The fraction of sp³-hybridized carbons (Fsp3) is 0.708. The van der Waals surface area contributed by atoms with Gasteiger partial charge in [-0.05, 0) is 37.4 Å². The zero-order valence-corrected chi connectivity index (χ0v) is 22.7. The molecule has 1 aromatic rings. The summed E-state index contributed by atoms with van der Waals surface area (Å²) in [4.78, 5) is 38.7. The lowest BCUT2D eigenvalue weighted by Gasteiger charge is -2.42. The van der Waals surface area contributed by atoms with Crippen LogP contribution in [0.25, 0.3) is 0 Å². The van der Waals surface area contributed by atoms with E-state index >= 15 is 0 Å². The summed E-state index contributed by atoms with van der Waals surface area (Å²) in [6.07, 6.45) is -0.653. The van der Waals surface area contributed by atoms with Crippen molar-refractivity contribution in [2.45, 2.75) is 103 Å². The number of H-pyrrole nitrogens is 1. The molecule has 0 radical (unpaired) electrons. The van der Waals surface area contributed by atoms with Gasteiger partial charge in [-0.15, -0.1) is 0 Å². The van der Waals surface area contributed by atoms with Crippen LogP contribution in [0.4, 0.5) is 0 Å². The van der Waals surface area contributed by atoms with Gasteiger partial charge in [0.15, 0.2) is 14.5 Å². The quantitative estimate of drug-likeness (QED) is 0.322. The maximum absolute atomic E-state index is 12.5. The second-order valence-electron chi connectivity index (χ2n) is 10.8. The lowest BCUT2D eigenvalue weighted by atomic mass is 10.1. The number of rotatable bonds is 8. The summed E-state index contributed by atoms with van der Waals surface area (Å²) in [6.45, 7) is 18.3. The molecule has 2 rings (SSSR count). The molecule has 0 aliphatic carbocycles. The fourth-order valence-electron chi connectivity index (χ4n) is 5.00. The molecule has 0 unspecified atom stereocenters. The molecule has 1 aliphatic heterocycles. The highest BCUT2D eigenvalue weighted by Gasteiger charge is 2.48. The lowest BCUT2D eigenvalue weighted by Crippen LogP contribution is -2.49. The molecule has 1 aromatic heterocycles. The number of aromatic nitrogens is 2. The Morgan fingerprint density at radius 3 is 2.21 bits per heavy atom. The number of ether oxygens (including phenoxy) is 2. The number of aliphatic hydroxyl groups excluding tert-OH is 1. The molecule has 0 aromatic carbocycles. The number of hydrogen-bond donors (Lipinski definition) is 2. The van der Waals surface area contributed by atoms with E-state index < -0.39 is 49.6 Å². The summed E-state index contributed by atoms with van der Waals surface area (Å²) < 4.78 is 19.2. The molecule has 0 spiro atoms. The van der Waals surface area contributed by atoms with Gasteiger partial charge < -0.3 is 19.0 Å². The van der Waals surface area contributed by atoms with Gasteiger partial charge in [0.05, 0.1) is 6.61 Å². The first-order valence-corrected chi connectivity index (χ1v) is 14.0. The zero-order valence-electron chi connectivity index (χ0n) is 21.7. The van der Waals surface area contributed by atoms with Crippen LogP contribution in [0.5, 0.6) is 0 Å². The van der Waals surface area contributed by atoms with E-state index in [-0.39, 0.29) is 12.2 Å². The van der Waals surface area contributed by atoms with E-state index in [4.69, 9.17) is 13.9 Å². The second kappa shape index (κ2) is 10.7. The summed E-state index contributed by atoms with van der Waals surface area (Å²) in [7, 11) is -2.25. The van der Waals surface area contributed by atoms with E-state index in [1.807, 2.05) is 0 Å².